The van der Waals surface area contributed by atoms with Crippen molar-refractivity contribution in [3.63, 3.8) is 0 Å². The maximum absolute atomic E-state index is 12.3. The summed E-state index contributed by atoms with van der Waals surface area (Å²) in [4.78, 5) is 14.0. The van der Waals surface area contributed by atoms with E-state index in [1.807, 2.05) is 31.2 Å². The molecular weight excluding hydrogens is 346 g/mol. The van der Waals surface area contributed by atoms with Gasteiger partial charge in [0.2, 0.25) is 0 Å². The van der Waals surface area contributed by atoms with Crippen molar-refractivity contribution in [2.45, 2.75) is 57.8 Å². The number of amides is 1. The molecule has 0 radical (unpaired) electrons. The Morgan fingerprint density at radius 3 is 2.82 bits per heavy atom. The Morgan fingerprint density at radius 1 is 1.50 bits per heavy atom. The number of hydrogen-bond donors (Lipinski definition) is 1. The zero-order valence-corrected chi connectivity index (χ0v) is 15.0. The maximum atomic E-state index is 12.3. The third-order valence-corrected chi connectivity index (χ3v) is 4.56. The highest BCUT2D eigenvalue weighted by Gasteiger charge is 2.31. The van der Waals surface area contributed by atoms with Crippen LogP contribution >= 0.6 is 15.9 Å². The van der Waals surface area contributed by atoms with Crippen LogP contribution in [-0.4, -0.2) is 34.3 Å². The number of halogens is 1. The number of benzene rings is 1. The predicted octanol–water partition coefficient (Wildman–Crippen LogP) is 4.27. The van der Waals surface area contributed by atoms with E-state index in [9.17, 15) is 9.90 Å². The minimum atomic E-state index is -0.715. The average molecular weight is 370 g/mol. The van der Waals surface area contributed by atoms with Gasteiger partial charge in [0.25, 0.3) is 0 Å². The van der Waals surface area contributed by atoms with E-state index in [0.29, 0.717) is 19.4 Å². The molecule has 1 aromatic carbocycles. The van der Waals surface area contributed by atoms with Crippen molar-refractivity contribution in [1.29, 1.82) is 0 Å². The molecule has 4 nitrogen and oxygen atoms in total. The van der Waals surface area contributed by atoms with Gasteiger partial charge in [-0.25, -0.2) is 4.79 Å². The molecule has 1 aromatic rings. The molecule has 1 heterocycles. The van der Waals surface area contributed by atoms with E-state index in [2.05, 4.69) is 15.9 Å². The highest BCUT2D eigenvalue weighted by atomic mass is 79.9. The molecule has 0 saturated carbocycles. The fourth-order valence-corrected chi connectivity index (χ4v) is 3.08. The fraction of sp³-hybridized carbons (Fsp3) is 0.588. The van der Waals surface area contributed by atoms with E-state index in [1.54, 1.807) is 18.7 Å². The molecule has 1 N–H and O–H groups in total. The lowest BCUT2D eigenvalue weighted by Gasteiger charge is -2.36. The van der Waals surface area contributed by atoms with Crippen molar-refractivity contribution in [2.75, 3.05) is 6.54 Å². The van der Waals surface area contributed by atoms with E-state index in [-0.39, 0.29) is 18.2 Å². The SMILES string of the molecule is CC(c1cccc(Br)c1)N1CCC(CCC(C)(C)O)OC1=O. The van der Waals surface area contributed by atoms with Crippen molar-refractivity contribution >= 4 is 22.0 Å². The summed E-state index contributed by atoms with van der Waals surface area (Å²) < 4.78 is 6.54. The molecule has 1 fully saturated rings. The van der Waals surface area contributed by atoms with Gasteiger partial charge in [0.15, 0.2) is 0 Å². The van der Waals surface area contributed by atoms with Crippen LogP contribution in [0.4, 0.5) is 4.79 Å². The molecule has 22 heavy (non-hydrogen) atoms. The number of nitrogens with zero attached hydrogens (tertiary/aromatic N) is 1. The van der Waals surface area contributed by atoms with E-state index in [1.165, 1.54) is 0 Å². The zero-order valence-electron chi connectivity index (χ0n) is 13.4. The van der Waals surface area contributed by atoms with Gasteiger partial charge in [-0.1, -0.05) is 28.1 Å². The number of aliphatic hydroxyl groups is 1. The van der Waals surface area contributed by atoms with Gasteiger partial charge in [-0.15, -0.1) is 0 Å². The molecule has 0 aromatic heterocycles. The largest absolute Gasteiger partial charge is 0.446 e. The van der Waals surface area contributed by atoms with Gasteiger partial charge in [0.05, 0.1) is 11.6 Å². The van der Waals surface area contributed by atoms with Crippen LogP contribution < -0.4 is 0 Å². The number of carbonyl (C=O) groups is 1. The van der Waals surface area contributed by atoms with E-state index in [0.717, 1.165) is 16.5 Å². The Kier molecular flexibility index (Phi) is 5.50. The minimum absolute atomic E-state index is 0.0137. The van der Waals surface area contributed by atoms with Crippen LogP contribution in [0.5, 0.6) is 0 Å². The summed E-state index contributed by atoms with van der Waals surface area (Å²) in [7, 11) is 0. The summed E-state index contributed by atoms with van der Waals surface area (Å²) >= 11 is 3.46. The van der Waals surface area contributed by atoms with Crippen LogP contribution in [0.1, 0.15) is 51.6 Å². The quantitative estimate of drug-likeness (QED) is 0.842. The lowest BCUT2D eigenvalue weighted by atomic mass is 9.98. The molecule has 0 aliphatic carbocycles. The van der Waals surface area contributed by atoms with Crippen LogP contribution in [-0.2, 0) is 4.74 Å². The molecule has 1 amide bonds. The highest BCUT2D eigenvalue weighted by molar-refractivity contribution is 9.10. The second kappa shape index (κ2) is 7.01. The first-order valence-electron chi connectivity index (χ1n) is 7.71. The third-order valence-electron chi connectivity index (χ3n) is 4.07. The van der Waals surface area contributed by atoms with Crippen molar-refractivity contribution in [2.24, 2.45) is 0 Å². The van der Waals surface area contributed by atoms with Crippen molar-refractivity contribution in [1.82, 2.24) is 4.90 Å². The first kappa shape index (κ1) is 17.3. The Morgan fingerprint density at radius 2 is 2.23 bits per heavy atom. The van der Waals surface area contributed by atoms with Gasteiger partial charge in [-0.3, -0.25) is 0 Å². The molecular formula is C17H24BrNO3. The van der Waals surface area contributed by atoms with Crippen molar-refractivity contribution in [3.8, 4) is 0 Å². The topological polar surface area (TPSA) is 49.8 Å². The summed E-state index contributed by atoms with van der Waals surface area (Å²) in [6.45, 7) is 6.25. The smallest absolute Gasteiger partial charge is 0.410 e. The molecule has 0 bridgehead atoms. The number of rotatable bonds is 5. The zero-order chi connectivity index (χ0) is 16.3. The molecule has 0 spiro atoms. The standard InChI is InChI=1S/C17H24BrNO3/c1-12(13-5-4-6-14(18)11-13)19-10-8-15(22-16(19)20)7-9-17(2,3)21/h4-6,11-12,15,21H,7-10H2,1-3H3. The molecule has 1 aliphatic heterocycles. The maximum Gasteiger partial charge on any atom is 0.410 e. The molecule has 2 unspecified atom stereocenters. The van der Waals surface area contributed by atoms with Crippen LogP contribution in [0.15, 0.2) is 28.7 Å². The second-order valence-corrected chi connectivity index (χ2v) is 7.49. The van der Waals surface area contributed by atoms with Crippen LogP contribution in [0.3, 0.4) is 0 Å². The highest BCUT2D eigenvalue weighted by Crippen LogP contribution is 2.28. The lowest BCUT2D eigenvalue weighted by molar-refractivity contribution is -0.00600. The van der Waals surface area contributed by atoms with Gasteiger partial charge < -0.3 is 14.7 Å². The summed E-state index contributed by atoms with van der Waals surface area (Å²) in [5, 5.41) is 9.77. The summed E-state index contributed by atoms with van der Waals surface area (Å²) in [6, 6.07) is 7.97. The van der Waals surface area contributed by atoms with Gasteiger partial charge in [-0.2, -0.15) is 0 Å². The van der Waals surface area contributed by atoms with Gasteiger partial charge in [0, 0.05) is 17.4 Å². The normalized spacial score (nSPS) is 20.7. The first-order chi connectivity index (χ1) is 10.3. The van der Waals surface area contributed by atoms with Crippen molar-refractivity contribution < 1.29 is 14.6 Å². The van der Waals surface area contributed by atoms with Gasteiger partial charge in [-0.05, 0) is 51.3 Å². The second-order valence-electron chi connectivity index (χ2n) is 6.57. The molecule has 2 atom stereocenters. The summed E-state index contributed by atoms with van der Waals surface area (Å²) in [6.07, 6.45) is 1.78. The predicted molar refractivity (Wildman–Crippen MR) is 89.7 cm³/mol. The monoisotopic (exact) mass is 369 g/mol. The Bertz CT molecular complexity index is 527. The first-order valence-corrected chi connectivity index (χ1v) is 8.51. The molecule has 1 saturated heterocycles. The van der Waals surface area contributed by atoms with Gasteiger partial charge >= 0.3 is 6.09 Å². The van der Waals surface area contributed by atoms with E-state index >= 15 is 0 Å². The fourth-order valence-electron chi connectivity index (χ4n) is 2.66. The van der Waals surface area contributed by atoms with Gasteiger partial charge in [0.1, 0.15) is 6.10 Å². The van der Waals surface area contributed by atoms with Crippen LogP contribution in [0.2, 0.25) is 0 Å². The summed E-state index contributed by atoms with van der Waals surface area (Å²) in [5.74, 6) is 0. The molecule has 122 valence electrons. The van der Waals surface area contributed by atoms with Crippen molar-refractivity contribution in [3.05, 3.63) is 34.3 Å². The Balaban J connectivity index is 1.94. The minimum Gasteiger partial charge on any atom is -0.446 e. The molecule has 2 rings (SSSR count). The molecule has 1 aliphatic rings. The molecule has 5 heteroatoms. The summed E-state index contributed by atoms with van der Waals surface area (Å²) in [5.41, 5.74) is 0.369. The van der Waals surface area contributed by atoms with E-state index < -0.39 is 5.60 Å². The third kappa shape index (κ3) is 4.71. The van der Waals surface area contributed by atoms with E-state index in [4.69, 9.17) is 4.74 Å². The number of ether oxygens (including phenoxy) is 1. The number of cyclic esters (lactones) is 1. The Labute approximate surface area is 140 Å². The number of carbonyl (C=O) groups excluding carboxylic acids is 1. The van der Waals surface area contributed by atoms with Crippen LogP contribution in [0, 0.1) is 0 Å². The Hall–Kier alpha value is -1.07. The lowest BCUT2D eigenvalue weighted by Crippen LogP contribution is -2.43. The van der Waals surface area contributed by atoms with Crippen LogP contribution in [0.25, 0.3) is 0 Å². The average Bonchev–Trinajstić information content (AvgIpc) is 2.44. The number of hydrogen-bond acceptors (Lipinski definition) is 3.